The van der Waals surface area contributed by atoms with Crippen LogP contribution in [0.2, 0.25) is 0 Å². The van der Waals surface area contributed by atoms with Crippen LogP contribution in [0.5, 0.6) is 0 Å². The van der Waals surface area contributed by atoms with Crippen molar-refractivity contribution in [2.24, 2.45) is 0 Å². The lowest BCUT2D eigenvalue weighted by molar-refractivity contribution is -0.387. The molecule has 0 spiro atoms. The zero-order chi connectivity index (χ0) is 15.5. The normalized spacial score (nSPS) is 11.3. The monoisotopic (exact) mass is 327 g/mol. The Morgan fingerprint density at radius 3 is 2.67 bits per heavy atom. The summed E-state index contributed by atoms with van der Waals surface area (Å²) < 4.78 is 26.8. The summed E-state index contributed by atoms with van der Waals surface area (Å²) in [5, 5.41) is 17.4. The number of hydrogen-bond acceptors (Lipinski definition) is 6. The van der Waals surface area contributed by atoms with Gasteiger partial charge in [-0.25, -0.2) is 13.1 Å². The molecule has 0 saturated heterocycles. The smallest absolute Gasteiger partial charge is 0.291 e. The lowest BCUT2D eigenvalue weighted by atomic mass is 10.3. The average molecular weight is 327 g/mol. The number of thiophene rings is 1. The average Bonchev–Trinajstić information content (AvgIpc) is 2.98. The summed E-state index contributed by atoms with van der Waals surface area (Å²) in [4.78, 5) is 10.0. The molecule has 0 unspecified atom stereocenters. The van der Waals surface area contributed by atoms with Crippen LogP contribution in [-0.2, 0) is 16.6 Å². The van der Waals surface area contributed by atoms with Crippen LogP contribution in [0.4, 0.5) is 11.4 Å². The zero-order valence-electron chi connectivity index (χ0n) is 11.1. The van der Waals surface area contributed by atoms with Gasteiger partial charge in [-0.2, -0.15) is 11.3 Å². The highest BCUT2D eigenvalue weighted by atomic mass is 32.2. The van der Waals surface area contributed by atoms with Crippen LogP contribution in [0.15, 0.2) is 39.9 Å². The van der Waals surface area contributed by atoms with E-state index in [4.69, 9.17) is 0 Å². The molecular weight excluding hydrogens is 314 g/mol. The number of hydrogen-bond donors (Lipinski definition) is 2. The third-order valence-corrected chi connectivity index (χ3v) is 4.96. The molecule has 0 aliphatic rings. The van der Waals surface area contributed by atoms with Gasteiger partial charge in [0.1, 0.15) is 0 Å². The van der Waals surface area contributed by atoms with Gasteiger partial charge in [0.2, 0.25) is 10.0 Å². The molecular formula is C12H13N3O4S2. The third kappa shape index (κ3) is 3.57. The van der Waals surface area contributed by atoms with Crippen LogP contribution >= 0.6 is 11.3 Å². The highest BCUT2D eigenvalue weighted by molar-refractivity contribution is 7.89. The molecule has 1 heterocycles. The van der Waals surface area contributed by atoms with Crippen molar-refractivity contribution < 1.29 is 13.3 Å². The SMILES string of the molecule is CNc1ccc(S(=O)(=O)NCc2ccsc2)c([N+](=O)[O-])c1. The molecule has 2 aromatic rings. The van der Waals surface area contributed by atoms with E-state index in [0.717, 1.165) is 5.56 Å². The third-order valence-electron chi connectivity index (χ3n) is 2.78. The van der Waals surface area contributed by atoms with E-state index in [1.165, 1.54) is 29.5 Å². The first-order valence-electron chi connectivity index (χ1n) is 5.91. The first-order chi connectivity index (χ1) is 9.94. The number of nitro benzene ring substituents is 1. The van der Waals surface area contributed by atoms with Gasteiger partial charge in [-0.3, -0.25) is 10.1 Å². The van der Waals surface area contributed by atoms with Crippen molar-refractivity contribution in [2.45, 2.75) is 11.4 Å². The van der Waals surface area contributed by atoms with Crippen molar-refractivity contribution in [1.82, 2.24) is 4.72 Å². The van der Waals surface area contributed by atoms with Gasteiger partial charge >= 0.3 is 0 Å². The van der Waals surface area contributed by atoms with Crippen molar-refractivity contribution in [3.8, 4) is 0 Å². The van der Waals surface area contributed by atoms with Gasteiger partial charge in [-0.1, -0.05) is 0 Å². The van der Waals surface area contributed by atoms with E-state index in [2.05, 4.69) is 10.0 Å². The van der Waals surface area contributed by atoms with Crippen LogP contribution in [0.3, 0.4) is 0 Å². The highest BCUT2D eigenvalue weighted by Gasteiger charge is 2.25. The summed E-state index contributed by atoms with van der Waals surface area (Å²) in [6, 6.07) is 5.68. The van der Waals surface area contributed by atoms with Gasteiger partial charge in [-0.15, -0.1) is 0 Å². The second kappa shape index (κ2) is 6.20. The molecule has 0 aliphatic carbocycles. The number of benzene rings is 1. The van der Waals surface area contributed by atoms with Crippen LogP contribution in [0, 0.1) is 10.1 Å². The number of rotatable bonds is 6. The minimum atomic E-state index is -3.95. The van der Waals surface area contributed by atoms with Gasteiger partial charge < -0.3 is 5.32 Å². The number of nitro groups is 1. The number of sulfonamides is 1. The van der Waals surface area contributed by atoms with Crippen molar-refractivity contribution in [3.63, 3.8) is 0 Å². The summed E-state index contributed by atoms with van der Waals surface area (Å²) >= 11 is 1.45. The predicted molar refractivity (Wildman–Crippen MR) is 81.0 cm³/mol. The Labute approximate surface area is 125 Å². The van der Waals surface area contributed by atoms with Crippen LogP contribution in [-0.4, -0.2) is 20.4 Å². The minimum absolute atomic E-state index is 0.0940. The molecule has 0 fully saturated rings. The molecule has 0 radical (unpaired) electrons. The Kier molecular flexibility index (Phi) is 4.56. The standard InChI is InChI=1S/C12H13N3O4S2/c1-13-10-2-3-12(11(6-10)15(16)17)21(18,19)14-7-9-4-5-20-8-9/h2-6,8,13-14H,7H2,1H3. The molecule has 7 nitrogen and oxygen atoms in total. The van der Waals surface area contributed by atoms with Crippen molar-refractivity contribution in [1.29, 1.82) is 0 Å². The maximum Gasteiger partial charge on any atom is 0.291 e. The molecule has 112 valence electrons. The van der Waals surface area contributed by atoms with Crippen LogP contribution < -0.4 is 10.0 Å². The largest absolute Gasteiger partial charge is 0.388 e. The molecule has 0 atom stereocenters. The van der Waals surface area contributed by atoms with Gasteiger partial charge in [0.25, 0.3) is 5.69 Å². The van der Waals surface area contributed by atoms with E-state index in [-0.39, 0.29) is 11.4 Å². The Morgan fingerprint density at radius 2 is 2.10 bits per heavy atom. The highest BCUT2D eigenvalue weighted by Crippen LogP contribution is 2.27. The molecule has 2 N–H and O–H groups in total. The van der Waals surface area contributed by atoms with E-state index in [0.29, 0.717) is 5.69 Å². The van der Waals surface area contributed by atoms with Gasteiger partial charge in [0.05, 0.1) is 4.92 Å². The van der Waals surface area contributed by atoms with Crippen molar-refractivity contribution in [2.75, 3.05) is 12.4 Å². The predicted octanol–water partition coefficient (Wildman–Crippen LogP) is 2.18. The molecule has 0 bridgehead atoms. The fourth-order valence-electron chi connectivity index (χ4n) is 1.69. The second-order valence-corrected chi connectivity index (χ2v) is 6.66. The molecule has 0 aliphatic heterocycles. The van der Waals surface area contributed by atoms with Crippen molar-refractivity contribution >= 4 is 32.7 Å². The fraction of sp³-hybridized carbons (Fsp3) is 0.167. The molecule has 1 aromatic carbocycles. The van der Waals surface area contributed by atoms with Crippen LogP contribution in [0.25, 0.3) is 0 Å². The molecule has 9 heteroatoms. The molecule has 21 heavy (non-hydrogen) atoms. The van der Waals surface area contributed by atoms with Gasteiger partial charge in [-0.05, 0) is 34.5 Å². The van der Waals surface area contributed by atoms with E-state index in [9.17, 15) is 18.5 Å². The summed E-state index contributed by atoms with van der Waals surface area (Å²) in [5.41, 5.74) is 0.816. The van der Waals surface area contributed by atoms with Crippen LogP contribution in [0.1, 0.15) is 5.56 Å². The lowest BCUT2D eigenvalue weighted by Gasteiger charge is -2.08. The van der Waals surface area contributed by atoms with E-state index < -0.39 is 20.6 Å². The Morgan fingerprint density at radius 1 is 1.33 bits per heavy atom. The number of nitrogens with zero attached hydrogens (tertiary/aromatic N) is 1. The molecule has 0 saturated carbocycles. The first kappa shape index (κ1) is 15.4. The maximum absolute atomic E-state index is 12.2. The number of nitrogens with one attached hydrogen (secondary N) is 2. The topological polar surface area (TPSA) is 101 Å². The zero-order valence-corrected chi connectivity index (χ0v) is 12.7. The summed E-state index contributed by atoms with van der Waals surface area (Å²) in [6.07, 6.45) is 0. The fourth-order valence-corrected chi connectivity index (χ4v) is 3.53. The minimum Gasteiger partial charge on any atom is -0.388 e. The van der Waals surface area contributed by atoms with Crippen molar-refractivity contribution in [3.05, 3.63) is 50.7 Å². The molecule has 1 aromatic heterocycles. The second-order valence-electron chi connectivity index (χ2n) is 4.15. The van der Waals surface area contributed by atoms with E-state index in [1.807, 2.05) is 5.38 Å². The molecule has 2 rings (SSSR count). The summed E-state index contributed by atoms with van der Waals surface area (Å²) in [7, 11) is -2.35. The van der Waals surface area contributed by atoms with Gasteiger partial charge in [0.15, 0.2) is 4.90 Å². The van der Waals surface area contributed by atoms with E-state index in [1.54, 1.807) is 18.5 Å². The summed E-state index contributed by atoms with van der Waals surface area (Å²) in [6.45, 7) is 0.0940. The maximum atomic E-state index is 12.2. The quantitative estimate of drug-likeness (QED) is 0.625. The molecule has 0 amide bonds. The number of anilines is 1. The summed E-state index contributed by atoms with van der Waals surface area (Å²) in [5.74, 6) is 0. The van der Waals surface area contributed by atoms with Gasteiger partial charge in [0, 0.05) is 25.3 Å². The Hall–Kier alpha value is -1.97. The Balaban J connectivity index is 2.32. The lowest BCUT2D eigenvalue weighted by Crippen LogP contribution is -2.23. The first-order valence-corrected chi connectivity index (χ1v) is 8.33. The van der Waals surface area contributed by atoms with E-state index >= 15 is 0 Å². The Bertz CT molecular complexity index is 742.